The molecule has 1 aromatic carbocycles. The number of aromatic nitrogens is 1. The van der Waals surface area contributed by atoms with Crippen LogP contribution >= 0.6 is 0 Å². The summed E-state index contributed by atoms with van der Waals surface area (Å²) in [6.45, 7) is 6.20. The second-order valence-corrected chi connectivity index (χ2v) is 6.92. The standard InChI is InChI=1S/C22H26N2O3/c1-3-27-19-9-7-18(8-10-19)16-20(24-13-5-4-6-21(24)25)22(26)23-14-11-17(2)12-15-23/h4-10,13,16-17H,3,11-12,14-15H2,1-2H3/b20-16+. The van der Waals surface area contributed by atoms with E-state index in [2.05, 4.69) is 6.92 Å². The second kappa shape index (κ2) is 8.71. The minimum Gasteiger partial charge on any atom is -0.494 e. The lowest BCUT2D eigenvalue weighted by atomic mass is 9.99. The molecule has 5 nitrogen and oxygen atoms in total. The number of hydrogen-bond acceptors (Lipinski definition) is 3. The Morgan fingerprint density at radius 2 is 1.85 bits per heavy atom. The third kappa shape index (κ3) is 4.67. The van der Waals surface area contributed by atoms with Crippen LogP contribution in [0.2, 0.25) is 0 Å². The minimum atomic E-state index is -0.214. The Balaban J connectivity index is 1.96. The number of carbonyl (C=O) groups is 1. The third-order valence-electron chi connectivity index (χ3n) is 4.87. The lowest BCUT2D eigenvalue weighted by molar-refractivity contribution is -0.126. The van der Waals surface area contributed by atoms with Gasteiger partial charge >= 0.3 is 0 Å². The summed E-state index contributed by atoms with van der Waals surface area (Å²) in [6, 6.07) is 12.4. The molecule has 0 saturated carbocycles. The molecule has 2 aromatic rings. The molecule has 0 atom stereocenters. The second-order valence-electron chi connectivity index (χ2n) is 6.92. The van der Waals surface area contributed by atoms with Gasteiger partial charge in [-0.1, -0.05) is 25.1 Å². The Kier molecular flexibility index (Phi) is 6.12. The molecule has 27 heavy (non-hydrogen) atoms. The Bertz CT molecular complexity index is 860. The van der Waals surface area contributed by atoms with Gasteiger partial charge in [0.25, 0.3) is 11.5 Å². The molecule has 0 N–H and O–H groups in total. The fourth-order valence-electron chi connectivity index (χ4n) is 3.22. The van der Waals surface area contributed by atoms with E-state index in [4.69, 9.17) is 4.74 Å². The first-order valence-electron chi connectivity index (χ1n) is 9.50. The SMILES string of the molecule is CCOc1ccc(/C=C(\C(=O)N2CCC(C)CC2)n2ccccc2=O)cc1. The van der Waals surface area contributed by atoms with Crippen molar-refractivity contribution in [2.24, 2.45) is 5.92 Å². The summed E-state index contributed by atoms with van der Waals surface area (Å²) < 4.78 is 6.90. The van der Waals surface area contributed by atoms with Crippen LogP contribution in [0.3, 0.4) is 0 Å². The molecular formula is C22H26N2O3. The molecular weight excluding hydrogens is 340 g/mol. The van der Waals surface area contributed by atoms with Gasteiger partial charge in [-0.2, -0.15) is 0 Å². The van der Waals surface area contributed by atoms with Crippen molar-refractivity contribution in [3.05, 3.63) is 64.6 Å². The summed E-state index contributed by atoms with van der Waals surface area (Å²) in [4.78, 5) is 27.4. The van der Waals surface area contributed by atoms with E-state index in [1.807, 2.05) is 36.1 Å². The lowest BCUT2D eigenvalue weighted by Crippen LogP contribution is -2.40. The van der Waals surface area contributed by atoms with Gasteiger partial charge in [0, 0.05) is 25.4 Å². The molecule has 1 aromatic heterocycles. The van der Waals surface area contributed by atoms with E-state index in [1.54, 1.807) is 24.4 Å². The molecule has 5 heteroatoms. The molecule has 0 unspecified atom stereocenters. The topological polar surface area (TPSA) is 51.5 Å². The largest absolute Gasteiger partial charge is 0.494 e. The van der Waals surface area contributed by atoms with E-state index in [0.717, 1.165) is 37.2 Å². The average Bonchev–Trinajstić information content (AvgIpc) is 2.68. The maximum absolute atomic E-state index is 13.2. The third-order valence-corrected chi connectivity index (χ3v) is 4.87. The maximum atomic E-state index is 13.2. The molecule has 2 heterocycles. The Labute approximate surface area is 159 Å². The fraction of sp³-hybridized carbons (Fsp3) is 0.364. The Morgan fingerprint density at radius 3 is 2.48 bits per heavy atom. The van der Waals surface area contributed by atoms with Crippen molar-refractivity contribution in [3.63, 3.8) is 0 Å². The molecule has 1 aliphatic rings. The first-order valence-corrected chi connectivity index (χ1v) is 9.50. The first kappa shape index (κ1) is 19.0. The summed E-state index contributed by atoms with van der Waals surface area (Å²) in [5.74, 6) is 1.31. The molecule has 0 radical (unpaired) electrons. The van der Waals surface area contributed by atoms with E-state index in [9.17, 15) is 9.59 Å². The molecule has 1 aliphatic heterocycles. The first-order chi connectivity index (χ1) is 13.1. The van der Waals surface area contributed by atoms with Gasteiger partial charge in [-0.15, -0.1) is 0 Å². The number of piperidine rings is 1. The van der Waals surface area contributed by atoms with Crippen molar-refractivity contribution in [2.45, 2.75) is 26.7 Å². The predicted octanol–water partition coefficient (Wildman–Crippen LogP) is 3.50. The smallest absolute Gasteiger partial charge is 0.270 e. The highest BCUT2D eigenvalue weighted by Crippen LogP contribution is 2.21. The fourth-order valence-corrected chi connectivity index (χ4v) is 3.22. The van der Waals surface area contributed by atoms with E-state index in [1.165, 1.54) is 10.6 Å². The molecule has 3 rings (SSSR count). The zero-order valence-corrected chi connectivity index (χ0v) is 15.9. The monoisotopic (exact) mass is 366 g/mol. The summed E-state index contributed by atoms with van der Waals surface area (Å²) in [5, 5.41) is 0. The number of pyridine rings is 1. The Morgan fingerprint density at radius 1 is 1.15 bits per heavy atom. The van der Waals surface area contributed by atoms with Crippen LogP contribution in [0.1, 0.15) is 32.3 Å². The maximum Gasteiger partial charge on any atom is 0.270 e. The van der Waals surface area contributed by atoms with Gasteiger partial charge in [0.15, 0.2) is 0 Å². The lowest BCUT2D eigenvalue weighted by Gasteiger charge is -2.31. The minimum absolute atomic E-state index is 0.107. The van der Waals surface area contributed by atoms with Crippen LogP contribution in [0.15, 0.2) is 53.5 Å². The van der Waals surface area contributed by atoms with Crippen LogP contribution in [-0.4, -0.2) is 35.1 Å². The zero-order chi connectivity index (χ0) is 19.2. The zero-order valence-electron chi connectivity index (χ0n) is 15.9. The highest BCUT2D eigenvalue weighted by atomic mass is 16.5. The highest BCUT2D eigenvalue weighted by Gasteiger charge is 2.24. The normalized spacial score (nSPS) is 15.6. The molecule has 0 spiro atoms. The molecule has 1 fully saturated rings. The van der Waals surface area contributed by atoms with Crippen molar-refractivity contribution in [1.29, 1.82) is 0 Å². The van der Waals surface area contributed by atoms with Crippen molar-refractivity contribution < 1.29 is 9.53 Å². The van der Waals surface area contributed by atoms with Crippen molar-refractivity contribution in [2.75, 3.05) is 19.7 Å². The number of amides is 1. The van der Waals surface area contributed by atoms with Crippen LogP contribution in [0, 0.1) is 5.92 Å². The van der Waals surface area contributed by atoms with E-state index in [-0.39, 0.29) is 11.5 Å². The number of rotatable bonds is 5. The van der Waals surface area contributed by atoms with E-state index in [0.29, 0.717) is 18.2 Å². The van der Waals surface area contributed by atoms with Crippen molar-refractivity contribution in [3.8, 4) is 5.75 Å². The quantitative estimate of drug-likeness (QED) is 0.761. The van der Waals surface area contributed by atoms with E-state index >= 15 is 0 Å². The molecule has 142 valence electrons. The summed E-state index contributed by atoms with van der Waals surface area (Å²) in [6.07, 6.45) is 5.40. The van der Waals surface area contributed by atoms with Crippen molar-refractivity contribution >= 4 is 17.7 Å². The number of carbonyl (C=O) groups excluding carboxylic acids is 1. The van der Waals surface area contributed by atoms with Crippen LogP contribution in [-0.2, 0) is 4.79 Å². The van der Waals surface area contributed by atoms with Gasteiger partial charge in [-0.25, -0.2) is 0 Å². The number of hydrogen-bond donors (Lipinski definition) is 0. The summed E-state index contributed by atoms with van der Waals surface area (Å²) in [5.41, 5.74) is 1.01. The van der Waals surface area contributed by atoms with Gasteiger partial charge in [-0.05, 0) is 55.5 Å². The van der Waals surface area contributed by atoms with Crippen LogP contribution in [0.5, 0.6) is 5.75 Å². The average molecular weight is 366 g/mol. The van der Waals surface area contributed by atoms with Gasteiger partial charge in [-0.3, -0.25) is 14.2 Å². The van der Waals surface area contributed by atoms with Crippen LogP contribution in [0.4, 0.5) is 0 Å². The Hall–Kier alpha value is -2.82. The van der Waals surface area contributed by atoms with Crippen LogP contribution in [0.25, 0.3) is 11.8 Å². The highest BCUT2D eigenvalue weighted by molar-refractivity contribution is 6.18. The van der Waals surface area contributed by atoms with Gasteiger partial charge in [0.1, 0.15) is 11.4 Å². The van der Waals surface area contributed by atoms with Gasteiger partial charge in [0.05, 0.1) is 6.61 Å². The molecule has 0 bridgehead atoms. The summed E-state index contributed by atoms with van der Waals surface area (Å²) >= 11 is 0. The summed E-state index contributed by atoms with van der Waals surface area (Å²) in [7, 11) is 0. The number of benzene rings is 1. The van der Waals surface area contributed by atoms with Crippen LogP contribution < -0.4 is 10.3 Å². The molecule has 1 amide bonds. The van der Waals surface area contributed by atoms with Crippen molar-refractivity contribution in [1.82, 2.24) is 9.47 Å². The number of nitrogens with zero attached hydrogens (tertiary/aromatic N) is 2. The number of ether oxygens (including phenoxy) is 1. The predicted molar refractivity (Wildman–Crippen MR) is 107 cm³/mol. The molecule has 1 saturated heterocycles. The molecule has 0 aliphatic carbocycles. The van der Waals surface area contributed by atoms with E-state index < -0.39 is 0 Å². The van der Waals surface area contributed by atoms with Gasteiger partial charge in [0.2, 0.25) is 0 Å². The van der Waals surface area contributed by atoms with Gasteiger partial charge < -0.3 is 9.64 Å². The number of likely N-dealkylation sites (tertiary alicyclic amines) is 1.